The van der Waals surface area contributed by atoms with E-state index in [1.54, 1.807) is 12.3 Å². The fourth-order valence-electron chi connectivity index (χ4n) is 4.03. The van der Waals surface area contributed by atoms with Crippen LogP contribution in [0.25, 0.3) is 5.69 Å². The molecule has 0 unspecified atom stereocenters. The maximum atomic E-state index is 9.31. The lowest BCUT2D eigenvalue weighted by Crippen LogP contribution is -2.22. The number of hydrogen-bond donors (Lipinski definition) is 1. The molecule has 0 saturated heterocycles. The quantitative estimate of drug-likeness (QED) is 0.292. The number of likely N-dealkylation sites (N-methyl/N-ethyl adjacent to an activating group) is 1. The molecule has 1 N–H and O–H groups in total. The van der Waals surface area contributed by atoms with Gasteiger partial charge in [0.1, 0.15) is 36.5 Å². The standard InChI is InChI=1S/C29H29ClN4O3/c1-21-23(6-5-7-27(21)34-10-3-4-11-34)20-37-29-16-28(24(15-26(29)30)18-33(2)12-13-35)36-19-22-8-9-32-25(14-22)17-31/h3-11,14-16,35H,12-13,18-20H2,1-2H3. The van der Waals surface area contributed by atoms with Crippen molar-refractivity contribution in [1.82, 2.24) is 14.5 Å². The minimum atomic E-state index is 0.0526. The SMILES string of the molecule is Cc1c(COc2cc(OCc3ccnc(C#N)c3)c(CN(C)CCO)cc2Cl)cccc1-n1cccc1. The van der Waals surface area contributed by atoms with E-state index in [4.69, 9.17) is 26.3 Å². The molecule has 0 fully saturated rings. The largest absolute Gasteiger partial charge is 0.488 e. The van der Waals surface area contributed by atoms with Crippen molar-refractivity contribution in [2.75, 3.05) is 20.2 Å². The average Bonchev–Trinajstić information content (AvgIpc) is 3.43. The van der Waals surface area contributed by atoms with Gasteiger partial charge in [-0.2, -0.15) is 5.26 Å². The van der Waals surface area contributed by atoms with Crippen LogP contribution in [0.15, 0.2) is 73.2 Å². The number of benzene rings is 2. The van der Waals surface area contributed by atoms with Crippen LogP contribution in [0.4, 0.5) is 0 Å². The van der Waals surface area contributed by atoms with E-state index in [2.05, 4.69) is 22.5 Å². The van der Waals surface area contributed by atoms with Crippen molar-refractivity contribution in [2.24, 2.45) is 0 Å². The molecule has 8 heteroatoms. The number of rotatable bonds is 11. The summed E-state index contributed by atoms with van der Waals surface area (Å²) in [6.07, 6.45) is 5.62. The van der Waals surface area contributed by atoms with Gasteiger partial charge in [-0.3, -0.25) is 4.90 Å². The summed E-state index contributed by atoms with van der Waals surface area (Å²) in [5, 5.41) is 18.9. The molecular formula is C29H29ClN4O3. The Morgan fingerprint density at radius 1 is 1.03 bits per heavy atom. The first-order valence-corrected chi connectivity index (χ1v) is 12.3. The van der Waals surface area contributed by atoms with E-state index in [1.807, 2.05) is 72.9 Å². The van der Waals surface area contributed by atoms with E-state index < -0.39 is 0 Å². The van der Waals surface area contributed by atoms with Gasteiger partial charge in [0, 0.05) is 49.0 Å². The highest BCUT2D eigenvalue weighted by atomic mass is 35.5. The lowest BCUT2D eigenvalue weighted by molar-refractivity contribution is 0.214. The van der Waals surface area contributed by atoms with Crippen LogP contribution >= 0.6 is 11.6 Å². The van der Waals surface area contributed by atoms with Crippen LogP contribution in [0.5, 0.6) is 11.5 Å². The van der Waals surface area contributed by atoms with Crippen molar-refractivity contribution in [3.63, 3.8) is 0 Å². The molecule has 0 atom stereocenters. The third kappa shape index (κ3) is 6.69. The first-order valence-electron chi connectivity index (χ1n) is 11.9. The van der Waals surface area contributed by atoms with Crippen LogP contribution in [-0.4, -0.2) is 39.8 Å². The van der Waals surface area contributed by atoms with Crippen LogP contribution in [0.3, 0.4) is 0 Å². The van der Waals surface area contributed by atoms with Gasteiger partial charge in [-0.05, 0) is 67.1 Å². The molecule has 4 rings (SSSR count). The van der Waals surface area contributed by atoms with Crippen LogP contribution in [-0.2, 0) is 19.8 Å². The molecule has 0 spiro atoms. The Balaban J connectivity index is 1.57. The fourth-order valence-corrected chi connectivity index (χ4v) is 4.27. The number of aliphatic hydroxyl groups is 1. The molecule has 37 heavy (non-hydrogen) atoms. The summed E-state index contributed by atoms with van der Waals surface area (Å²) in [6.45, 7) is 3.79. The number of aromatic nitrogens is 2. The van der Waals surface area contributed by atoms with E-state index in [9.17, 15) is 5.11 Å². The Hall–Kier alpha value is -3.83. The van der Waals surface area contributed by atoms with Crippen molar-refractivity contribution in [3.8, 4) is 23.3 Å². The van der Waals surface area contributed by atoms with Gasteiger partial charge in [-0.15, -0.1) is 0 Å². The van der Waals surface area contributed by atoms with Crippen molar-refractivity contribution in [3.05, 3.63) is 106 Å². The maximum absolute atomic E-state index is 9.31. The lowest BCUT2D eigenvalue weighted by Gasteiger charge is -2.20. The number of pyridine rings is 1. The summed E-state index contributed by atoms with van der Waals surface area (Å²) < 4.78 is 14.4. The summed E-state index contributed by atoms with van der Waals surface area (Å²) in [7, 11) is 1.92. The molecule has 190 valence electrons. The minimum Gasteiger partial charge on any atom is -0.488 e. The molecule has 2 heterocycles. The third-order valence-electron chi connectivity index (χ3n) is 6.05. The molecule has 0 amide bonds. The highest BCUT2D eigenvalue weighted by Crippen LogP contribution is 2.35. The smallest absolute Gasteiger partial charge is 0.142 e. The van der Waals surface area contributed by atoms with E-state index in [-0.39, 0.29) is 13.2 Å². The first kappa shape index (κ1) is 26.2. The maximum Gasteiger partial charge on any atom is 0.142 e. The molecule has 0 aliphatic carbocycles. The van der Waals surface area contributed by atoms with E-state index in [0.29, 0.717) is 41.9 Å². The fraction of sp³-hybridized carbons (Fsp3) is 0.241. The van der Waals surface area contributed by atoms with Gasteiger partial charge < -0.3 is 19.1 Å². The van der Waals surface area contributed by atoms with Crippen molar-refractivity contribution < 1.29 is 14.6 Å². The van der Waals surface area contributed by atoms with Gasteiger partial charge >= 0.3 is 0 Å². The lowest BCUT2D eigenvalue weighted by atomic mass is 10.1. The molecule has 0 radical (unpaired) electrons. The summed E-state index contributed by atoms with van der Waals surface area (Å²) in [6, 6.07) is 19.3. The van der Waals surface area contributed by atoms with Gasteiger partial charge in [0.2, 0.25) is 0 Å². The van der Waals surface area contributed by atoms with Crippen molar-refractivity contribution in [2.45, 2.75) is 26.7 Å². The van der Waals surface area contributed by atoms with Gasteiger partial charge in [-0.1, -0.05) is 23.7 Å². The molecule has 0 aliphatic heterocycles. The number of ether oxygens (including phenoxy) is 2. The van der Waals surface area contributed by atoms with Gasteiger partial charge in [0.15, 0.2) is 0 Å². The Labute approximate surface area is 222 Å². The number of halogens is 1. The summed E-state index contributed by atoms with van der Waals surface area (Å²) >= 11 is 6.64. The second-order valence-corrected chi connectivity index (χ2v) is 9.15. The number of nitrogens with zero attached hydrogens (tertiary/aromatic N) is 4. The summed E-state index contributed by atoms with van der Waals surface area (Å²) in [5.74, 6) is 1.14. The Kier molecular flexibility index (Phi) is 8.81. The van der Waals surface area contributed by atoms with E-state index in [0.717, 1.165) is 27.9 Å². The third-order valence-corrected chi connectivity index (χ3v) is 6.35. The monoisotopic (exact) mass is 516 g/mol. The van der Waals surface area contributed by atoms with Crippen LogP contribution < -0.4 is 9.47 Å². The summed E-state index contributed by atoms with van der Waals surface area (Å²) in [4.78, 5) is 5.99. The molecular weight excluding hydrogens is 488 g/mol. The molecule has 0 bridgehead atoms. The van der Waals surface area contributed by atoms with Crippen LogP contribution in [0.1, 0.15) is 27.9 Å². The van der Waals surface area contributed by atoms with E-state index >= 15 is 0 Å². The Morgan fingerprint density at radius 2 is 1.81 bits per heavy atom. The van der Waals surface area contributed by atoms with Crippen LogP contribution in [0.2, 0.25) is 5.02 Å². The first-order chi connectivity index (χ1) is 18.0. The molecule has 2 aromatic carbocycles. The normalized spacial score (nSPS) is 10.9. The number of nitriles is 1. The van der Waals surface area contributed by atoms with Crippen molar-refractivity contribution >= 4 is 11.6 Å². The number of hydrogen-bond acceptors (Lipinski definition) is 6. The van der Waals surface area contributed by atoms with Crippen LogP contribution in [0, 0.1) is 18.3 Å². The Bertz CT molecular complexity index is 1380. The topological polar surface area (TPSA) is 83.5 Å². The van der Waals surface area contributed by atoms with E-state index in [1.165, 1.54) is 0 Å². The second kappa shape index (κ2) is 12.4. The second-order valence-electron chi connectivity index (χ2n) is 8.74. The highest BCUT2D eigenvalue weighted by Gasteiger charge is 2.15. The Morgan fingerprint density at radius 3 is 2.57 bits per heavy atom. The van der Waals surface area contributed by atoms with Crippen molar-refractivity contribution in [1.29, 1.82) is 5.26 Å². The zero-order chi connectivity index (χ0) is 26.2. The zero-order valence-corrected chi connectivity index (χ0v) is 21.7. The highest BCUT2D eigenvalue weighted by molar-refractivity contribution is 6.32. The average molecular weight is 517 g/mol. The predicted molar refractivity (Wildman–Crippen MR) is 143 cm³/mol. The molecule has 0 saturated carbocycles. The van der Waals surface area contributed by atoms with Gasteiger partial charge in [-0.25, -0.2) is 4.98 Å². The van der Waals surface area contributed by atoms with Gasteiger partial charge in [0.05, 0.1) is 11.6 Å². The molecule has 0 aliphatic rings. The molecule has 7 nitrogen and oxygen atoms in total. The zero-order valence-electron chi connectivity index (χ0n) is 20.9. The minimum absolute atomic E-state index is 0.0526. The molecule has 2 aromatic heterocycles. The number of aliphatic hydroxyl groups excluding tert-OH is 1. The molecule has 4 aromatic rings. The predicted octanol–water partition coefficient (Wildman–Crippen LogP) is 5.29. The van der Waals surface area contributed by atoms with Gasteiger partial charge in [0.25, 0.3) is 0 Å². The summed E-state index contributed by atoms with van der Waals surface area (Å²) in [5.41, 5.74) is 5.31.